The van der Waals surface area contributed by atoms with Crippen LogP contribution in [0.15, 0.2) is 16.3 Å². The van der Waals surface area contributed by atoms with E-state index in [9.17, 15) is 19.8 Å². The number of hydrogen-bond donors (Lipinski definition) is 2. The topological polar surface area (TPSA) is 122 Å². The number of aliphatic hydroxyl groups is 2. The van der Waals surface area contributed by atoms with Crippen LogP contribution in [0, 0.1) is 24.2 Å². The highest BCUT2D eigenvalue weighted by Gasteiger charge is 2.44. The SMILES string of the molecule is C/C(=C\c1coc(C)n1)[C@@H]1C[C@@H]2O[C@H]2CCC[C@H](C)[C@@H](O)[C@H](C)C(=O)C(C)(C)[C@@H](O)CC(=O)O1. The van der Waals surface area contributed by atoms with Crippen LogP contribution in [0.4, 0.5) is 0 Å². The van der Waals surface area contributed by atoms with Gasteiger partial charge in [-0.25, -0.2) is 4.98 Å². The Bertz CT molecular complexity index is 905. The Kier molecular flexibility index (Phi) is 8.37. The summed E-state index contributed by atoms with van der Waals surface area (Å²) in [7, 11) is 0. The van der Waals surface area contributed by atoms with Gasteiger partial charge in [-0.1, -0.05) is 34.1 Å². The van der Waals surface area contributed by atoms with Crippen molar-refractivity contribution in [2.24, 2.45) is 17.3 Å². The molecule has 8 heteroatoms. The molecule has 0 unspecified atom stereocenters. The molecule has 34 heavy (non-hydrogen) atoms. The number of rotatable bonds is 2. The van der Waals surface area contributed by atoms with Crippen LogP contribution in [-0.2, 0) is 19.1 Å². The highest BCUT2D eigenvalue weighted by molar-refractivity contribution is 5.88. The van der Waals surface area contributed by atoms with Crippen molar-refractivity contribution in [3.05, 3.63) is 23.4 Å². The van der Waals surface area contributed by atoms with Gasteiger partial charge in [0.25, 0.3) is 0 Å². The Hall–Kier alpha value is -2.03. The largest absolute Gasteiger partial charge is 0.458 e. The van der Waals surface area contributed by atoms with E-state index >= 15 is 0 Å². The highest BCUT2D eigenvalue weighted by atomic mass is 16.6. The molecule has 1 aromatic rings. The van der Waals surface area contributed by atoms with Crippen molar-refractivity contribution in [3.63, 3.8) is 0 Å². The summed E-state index contributed by atoms with van der Waals surface area (Å²) in [6.07, 6.45) is 3.51. The monoisotopic (exact) mass is 477 g/mol. The molecule has 2 aliphatic rings. The molecule has 2 fully saturated rings. The average Bonchev–Trinajstić information content (AvgIpc) is 3.38. The zero-order valence-corrected chi connectivity index (χ0v) is 21.1. The lowest BCUT2D eigenvalue weighted by Crippen LogP contribution is -2.45. The van der Waals surface area contributed by atoms with E-state index in [1.807, 2.05) is 19.9 Å². The van der Waals surface area contributed by atoms with Crippen molar-refractivity contribution < 1.29 is 33.7 Å². The smallest absolute Gasteiger partial charge is 0.309 e. The first-order valence-electron chi connectivity index (χ1n) is 12.3. The number of carbonyl (C=O) groups is 2. The number of aryl methyl sites for hydroxylation is 1. The third-order valence-electron chi connectivity index (χ3n) is 7.41. The summed E-state index contributed by atoms with van der Waals surface area (Å²) >= 11 is 0. The van der Waals surface area contributed by atoms with Gasteiger partial charge in [-0.05, 0) is 37.3 Å². The van der Waals surface area contributed by atoms with Crippen LogP contribution in [0.5, 0.6) is 0 Å². The first-order chi connectivity index (χ1) is 15.9. The molecule has 0 radical (unpaired) electrons. The van der Waals surface area contributed by atoms with E-state index in [0.29, 0.717) is 18.0 Å². The van der Waals surface area contributed by atoms with E-state index < -0.39 is 35.6 Å². The van der Waals surface area contributed by atoms with Crippen LogP contribution in [0.25, 0.3) is 6.08 Å². The molecule has 0 bridgehead atoms. The molecule has 190 valence electrons. The van der Waals surface area contributed by atoms with Gasteiger partial charge in [-0.2, -0.15) is 0 Å². The molecule has 0 saturated carbocycles. The van der Waals surface area contributed by atoms with Crippen LogP contribution >= 0.6 is 0 Å². The number of oxazole rings is 1. The van der Waals surface area contributed by atoms with Gasteiger partial charge in [0, 0.05) is 19.3 Å². The Balaban J connectivity index is 1.81. The van der Waals surface area contributed by atoms with Crippen LogP contribution < -0.4 is 0 Å². The number of ketones is 1. The molecule has 2 N–H and O–H groups in total. The number of nitrogens with zero attached hydrogens (tertiary/aromatic N) is 1. The summed E-state index contributed by atoms with van der Waals surface area (Å²) in [6, 6.07) is 0. The van der Waals surface area contributed by atoms with Crippen LogP contribution in [0.2, 0.25) is 0 Å². The minimum absolute atomic E-state index is 0.0183. The number of hydrogen-bond acceptors (Lipinski definition) is 8. The van der Waals surface area contributed by atoms with Crippen molar-refractivity contribution in [2.75, 3.05) is 0 Å². The minimum Gasteiger partial charge on any atom is -0.458 e. The fraction of sp³-hybridized carbons (Fsp3) is 0.731. The van der Waals surface area contributed by atoms with Gasteiger partial charge in [0.05, 0.1) is 36.3 Å². The third-order valence-corrected chi connectivity index (χ3v) is 7.41. The lowest BCUT2D eigenvalue weighted by molar-refractivity contribution is -0.154. The highest BCUT2D eigenvalue weighted by Crippen LogP contribution is 2.36. The lowest BCUT2D eigenvalue weighted by Gasteiger charge is -2.34. The Morgan fingerprint density at radius 3 is 2.53 bits per heavy atom. The van der Waals surface area contributed by atoms with Crippen LogP contribution in [0.1, 0.15) is 78.3 Å². The molecule has 0 amide bonds. The average molecular weight is 478 g/mol. The van der Waals surface area contributed by atoms with Crippen molar-refractivity contribution in [1.29, 1.82) is 0 Å². The Labute approximate surface area is 201 Å². The van der Waals surface area contributed by atoms with E-state index in [1.54, 1.807) is 34.0 Å². The molecule has 0 aromatic carbocycles. The predicted molar refractivity (Wildman–Crippen MR) is 126 cm³/mol. The van der Waals surface area contributed by atoms with Crippen LogP contribution in [-0.4, -0.2) is 57.5 Å². The molecule has 2 saturated heterocycles. The van der Waals surface area contributed by atoms with E-state index in [2.05, 4.69) is 4.98 Å². The molecule has 8 nitrogen and oxygen atoms in total. The molecule has 0 spiro atoms. The van der Waals surface area contributed by atoms with E-state index in [1.165, 1.54) is 0 Å². The number of carbonyl (C=O) groups excluding carboxylic acids is 2. The second-order valence-electron chi connectivity index (χ2n) is 10.6. The lowest BCUT2D eigenvalue weighted by atomic mass is 9.73. The number of fused-ring (bicyclic) bond motifs is 1. The quantitative estimate of drug-likeness (QED) is 0.489. The summed E-state index contributed by atoms with van der Waals surface area (Å²) in [6.45, 7) is 10.5. The van der Waals surface area contributed by atoms with Gasteiger partial charge in [0.1, 0.15) is 23.8 Å². The molecule has 2 aliphatic heterocycles. The Morgan fingerprint density at radius 1 is 1.18 bits per heavy atom. The second kappa shape index (κ2) is 10.7. The molecular formula is C26H39NO7. The minimum atomic E-state index is -1.24. The van der Waals surface area contributed by atoms with Gasteiger partial charge in [-0.15, -0.1) is 0 Å². The van der Waals surface area contributed by atoms with Gasteiger partial charge in [0.15, 0.2) is 5.89 Å². The predicted octanol–water partition coefficient (Wildman–Crippen LogP) is 3.62. The second-order valence-corrected chi connectivity index (χ2v) is 10.6. The fourth-order valence-electron chi connectivity index (χ4n) is 4.78. The summed E-state index contributed by atoms with van der Waals surface area (Å²) < 4.78 is 16.9. The fourth-order valence-corrected chi connectivity index (χ4v) is 4.78. The van der Waals surface area contributed by atoms with Crippen molar-refractivity contribution in [1.82, 2.24) is 4.98 Å². The van der Waals surface area contributed by atoms with Crippen molar-refractivity contribution in [2.45, 2.75) is 104 Å². The maximum Gasteiger partial charge on any atom is 0.309 e. The summed E-state index contributed by atoms with van der Waals surface area (Å²) in [5.41, 5.74) is 0.228. The maximum absolute atomic E-state index is 13.2. The maximum atomic E-state index is 13.2. The zero-order valence-electron chi connectivity index (χ0n) is 21.1. The molecule has 3 rings (SSSR count). The molecule has 7 atom stereocenters. The first-order valence-corrected chi connectivity index (χ1v) is 12.3. The molecule has 1 aromatic heterocycles. The standard InChI is InChI=1S/C26H39NO7/c1-14-8-7-9-19-21(33-19)11-20(15(2)10-18-13-32-17(4)27-18)34-23(29)12-22(28)26(5,6)25(31)16(3)24(14)30/h10,13-14,16,19-22,24,28,30H,7-9,11-12H2,1-6H3/b15-10+/t14-,16-,19-,20-,21-,22-,24+/m0/s1. The van der Waals surface area contributed by atoms with E-state index in [-0.39, 0.29) is 30.3 Å². The number of esters is 1. The number of ether oxygens (including phenoxy) is 2. The Morgan fingerprint density at radius 2 is 1.88 bits per heavy atom. The number of epoxide rings is 1. The summed E-state index contributed by atoms with van der Waals surface area (Å²) in [5, 5.41) is 21.6. The first kappa shape index (κ1) is 26.6. The van der Waals surface area contributed by atoms with Crippen LogP contribution in [0.3, 0.4) is 0 Å². The molecular weight excluding hydrogens is 438 g/mol. The number of aliphatic hydroxyl groups excluding tert-OH is 2. The normalized spacial score (nSPS) is 36.0. The number of cyclic esters (lactones) is 1. The summed E-state index contributed by atoms with van der Waals surface area (Å²) in [5.74, 6) is -1.03. The molecule has 3 heterocycles. The van der Waals surface area contributed by atoms with Crippen molar-refractivity contribution >= 4 is 17.8 Å². The van der Waals surface area contributed by atoms with Gasteiger partial charge in [0.2, 0.25) is 0 Å². The van der Waals surface area contributed by atoms with Crippen molar-refractivity contribution in [3.8, 4) is 0 Å². The molecule has 0 aliphatic carbocycles. The number of aromatic nitrogens is 1. The number of Topliss-reactive ketones (excluding diaryl/α,β-unsaturated/α-hetero) is 1. The van der Waals surface area contributed by atoms with Gasteiger partial charge in [-0.3, -0.25) is 9.59 Å². The van der Waals surface area contributed by atoms with Gasteiger partial charge < -0.3 is 24.1 Å². The zero-order chi connectivity index (χ0) is 25.2. The third kappa shape index (κ3) is 6.34. The summed E-state index contributed by atoms with van der Waals surface area (Å²) in [4.78, 5) is 30.3. The van der Waals surface area contributed by atoms with E-state index in [0.717, 1.165) is 24.8 Å². The van der Waals surface area contributed by atoms with Gasteiger partial charge >= 0.3 is 5.97 Å². The van der Waals surface area contributed by atoms with E-state index in [4.69, 9.17) is 13.9 Å².